The lowest BCUT2D eigenvalue weighted by atomic mass is 9.96. The lowest BCUT2D eigenvalue weighted by Gasteiger charge is -2.21. The van der Waals surface area contributed by atoms with Crippen LogP contribution in [0.5, 0.6) is 0 Å². The van der Waals surface area contributed by atoms with Gasteiger partial charge in [0.05, 0.1) is 0 Å². The van der Waals surface area contributed by atoms with E-state index in [9.17, 15) is 14.7 Å². The number of carboxylic acids is 1. The van der Waals surface area contributed by atoms with Crippen molar-refractivity contribution in [3.05, 3.63) is 71.8 Å². The van der Waals surface area contributed by atoms with Gasteiger partial charge in [0, 0.05) is 18.0 Å². The molecule has 0 unspecified atom stereocenters. The lowest BCUT2D eigenvalue weighted by Crippen LogP contribution is -2.40. The third kappa shape index (κ3) is 2.72. The van der Waals surface area contributed by atoms with Crippen LogP contribution in [0.15, 0.2) is 60.7 Å². The Morgan fingerprint density at radius 1 is 0.955 bits per heavy atom. The fourth-order valence-corrected chi connectivity index (χ4v) is 3.01. The van der Waals surface area contributed by atoms with Crippen LogP contribution in [0.3, 0.4) is 0 Å². The molecule has 2 aromatic carbocycles. The van der Waals surface area contributed by atoms with Gasteiger partial charge < -0.3 is 10.0 Å². The van der Waals surface area contributed by atoms with E-state index in [1.54, 1.807) is 24.3 Å². The molecule has 1 saturated heterocycles. The fourth-order valence-electron chi connectivity index (χ4n) is 3.01. The van der Waals surface area contributed by atoms with Crippen molar-refractivity contribution < 1.29 is 14.7 Å². The van der Waals surface area contributed by atoms with Crippen molar-refractivity contribution in [3.8, 4) is 0 Å². The van der Waals surface area contributed by atoms with Crippen molar-refractivity contribution in [2.24, 2.45) is 0 Å². The molecule has 1 N–H and O–H groups in total. The molecular formula is C18H17NO3. The summed E-state index contributed by atoms with van der Waals surface area (Å²) in [5.41, 5.74) is 1.61. The minimum absolute atomic E-state index is 0.0648. The highest BCUT2D eigenvalue weighted by Crippen LogP contribution is 2.32. The molecule has 0 spiro atoms. The molecule has 2 atom stereocenters. The smallest absolute Gasteiger partial charge is 0.326 e. The zero-order valence-corrected chi connectivity index (χ0v) is 12.1. The number of rotatable bonds is 3. The number of carboxylic acid groups (broad SMARTS) is 1. The first kappa shape index (κ1) is 14.3. The Kier molecular flexibility index (Phi) is 3.92. The van der Waals surface area contributed by atoms with E-state index < -0.39 is 12.0 Å². The molecule has 1 heterocycles. The summed E-state index contributed by atoms with van der Waals surface area (Å²) in [6.45, 7) is 0.439. The van der Waals surface area contributed by atoms with Crippen LogP contribution >= 0.6 is 0 Å². The quantitative estimate of drug-likeness (QED) is 0.947. The first-order valence-corrected chi connectivity index (χ1v) is 7.30. The summed E-state index contributed by atoms with van der Waals surface area (Å²) < 4.78 is 0. The van der Waals surface area contributed by atoms with Gasteiger partial charge in [-0.25, -0.2) is 4.79 Å². The van der Waals surface area contributed by atoms with Gasteiger partial charge in [-0.3, -0.25) is 4.79 Å². The average Bonchev–Trinajstić information content (AvgIpc) is 3.01. The van der Waals surface area contributed by atoms with E-state index in [0.717, 1.165) is 5.56 Å². The number of hydrogen-bond acceptors (Lipinski definition) is 2. The van der Waals surface area contributed by atoms with Crippen molar-refractivity contribution in [1.29, 1.82) is 0 Å². The normalized spacial score (nSPS) is 20.8. The minimum Gasteiger partial charge on any atom is -0.480 e. The largest absolute Gasteiger partial charge is 0.480 e. The van der Waals surface area contributed by atoms with Gasteiger partial charge in [-0.15, -0.1) is 0 Å². The number of carbonyl (C=O) groups is 2. The maximum Gasteiger partial charge on any atom is 0.326 e. The van der Waals surface area contributed by atoms with Crippen LogP contribution in [0, 0.1) is 0 Å². The Morgan fingerprint density at radius 3 is 2.14 bits per heavy atom. The Bertz CT molecular complexity index is 669. The van der Waals surface area contributed by atoms with Crippen LogP contribution in [0.2, 0.25) is 0 Å². The molecular weight excluding hydrogens is 278 g/mol. The van der Waals surface area contributed by atoms with Gasteiger partial charge in [-0.2, -0.15) is 0 Å². The molecule has 2 aromatic rings. The number of hydrogen-bond donors (Lipinski definition) is 1. The standard InChI is InChI=1S/C18H17NO3/c20-17(14-9-5-2-6-10-14)19-12-15(11-16(19)18(21)22)13-7-3-1-4-8-13/h1-10,15-16H,11-12H2,(H,21,22)/t15-,16+/m1/s1. The maximum absolute atomic E-state index is 12.6. The Labute approximate surface area is 129 Å². The second kappa shape index (κ2) is 6.02. The monoisotopic (exact) mass is 295 g/mol. The highest BCUT2D eigenvalue weighted by Gasteiger charge is 2.40. The zero-order chi connectivity index (χ0) is 15.5. The third-order valence-corrected chi connectivity index (χ3v) is 4.14. The predicted octanol–water partition coefficient (Wildman–Crippen LogP) is 2.77. The topological polar surface area (TPSA) is 57.6 Å². The van der Waals surface area contributed by atoms with Crippen molar-refractivity contribution >= 4 is 11.9 Å². The highest BCUT2D eigenvalue weighted by atomic mass is 16.4. The van der Waals surface area contributed by atoms with Gasteiger partial charge in [-0.05, 0) is 24.1 Å². The second-order valence-corrected chi connectivity index (χ2v) is 5.52. The maximum atomic E-state index is 12.6. The fraction of sp³-hybridized carbons (Fsp3) is 0.222. The van der Waals surface area contributed by atoms with E-state index in [2.05, 4.69) is 0 Å². The Morgan fingerprint density at radius 2 is 1.55 bits per heavy atom. The first-order chi connectivity index (χ1) is 10.7. The van der Waals surface area contributed by atoms with Crippen LogP contribution in [0.1, 0.15) is 28.3 Å². The van der Waals surface area contributed by atoms with Gasteiger partial charge >= 0.3 is 5.97 Å². The van der Waals surface area contributed by atoms with Crippen molar-refractivity contribution in [2.75, 3.05) is 6.54 Å². The zero-order valence-electron chi connectivity index (χ0n) is 12.1. The summed E-state index contributed by atoms with van der Waals surface area (Å²) in [6, 6.07) is 17.9. The number of likely N-dealkylation sites (tertiary alicyclic amines) is 1. The molecule has 1 amide bonds. The van der Waals surface area contributed by atoms with Crippen LogP contribution in [0.4, 0.5) is 0 Å². The van der Waals surface area contributed by atoms with Crippen molar-refractivity contribution in [3.63, 3.8) is 0 Å². The van der Waals surface area contributed by atoms with Crippen molar-refractivity contribution in [1.82, 2.24) is 4.90 Å². The van der Waals surface area contributed by atoms with E-state index >= 15 is 0 Å². The summed E-state index contributed by atoms with van der Waals surface area (Å²) >= 11 is 0. The molecule has 112 valence electrons. The van der Waals surface area contributed by atoms with E-state index in [1.165, 1.54) is 4.90 Å². The van der Waals surface area contributed by atoms with Crippen molar-refractivity contribution in [2.45, 2.75) is 18.4 Å². The van der Waals surface area contributed by atoms with Gasteiger partial charge in [0.15, 0.2) is 0 Å². The molecule has 0 aromatic heterocycles. The van der Waals surface area contributed by atoms with E-state index in [4.69, 9.17) is 0 Å². The highest BCUT2D eigenvalue weighted by molar-refractivity contribution is 5.97. The van der Waals surface area contributed by atoms with E-state index in [0.29, 0.717) is 18.5 Å². The number of aliphatic carboxylic acids is 1. The molecule has 0 aliphatic carbocycles. The molecule has 3 rings (SSSR count). The van der Waals surface area contributed by atoms with Gasteiger partial charge in [-0.1, -0.05) is 48.5 Å². The first-order valence-electron chi connectivity index (χ1n) is 7.30. The Hall–Kier alpha value is -2.62. The number of carbonyl (C=O) groups excluding carboxylic acids is 1. The number of nitrogens with zero attached hydrogens (tertiary/aromatic N) is 1. The SMILES string of the molecule is O=C(O)[C@@H]1C[C@@H](c2ccccc2)CN1C(=O)c1ccccc1. The van der Waals surface area contributed by atoms with Crippen LogP contribution in [0.25, 0.3) is 0 Å². The molecule has 22 heavy (non-hydrogen) atoms. The molecule has 0 saturated carbocycles. The molecule has 4 nitrogen and oxygen atoms in total. The third-order valence-electron chi connectivity index (χ3n) is 4.14. The molecule has 1 aliphatic rings. The summed E-state index contributed by atoms with van der Waals surface area (Å²) in [5, 5.41) is 9.45. The summed E-state index contributed by atoms with van der Waals surface area (Å²) in [5.74, 6) is -1.09. The van der Waals surface area contributed by atoms with E-state index in [-0.39, 0.29) is 11.8 Å². The van der Waals surface area contributed by atoms with Gasteiger partial charge in [0.1, 0.15) is 6.04 Å². The molecule has 0 radical (unpaired) electrons. The number of benzene rings is 2. The summed E-state index contributed by atoms with van der Waals surface area (Å²) in [4.78, 5) is 25.6. The predicted molar refractivity (Wildman–Crippen MR) is 82.7 cm³/mol. The van der Waals surface area contributed by atoms with E-state index in [1.807, 2.05) is 36.4 Å². The molecule has 4 heteroatoms. The average molecular weight is 295 g/mol. The molecule has 1 aliphatic heterocycles. The summed E-state index contributed by atoms with van der Waals surface area (Å²) in [7, 11) is 0. The van der Waals surface area contributed by atoms with Gasteiger partial charge in [0.25, 0.3) is 5.91 Å². The van der Waals surface area contributed by atoms with Crippen LogP contribution in [-0.4, -0.2) is 34.5 Å². The Balaban J connectivity index is 1.86. The summed E-state index contributed by atoms with van der Waals surface area (Å²) in [6.07, 6.45) is 0.456. The molecule has 0 bridgehead atoms. The second-order valence-electron chi connectivity index (χ2n) is 5.52. The van der Waals surface area contributed by atoms with Crippen LogP contribution in [-0.2, 0) is 4.79 Å². The van der Waals surface area contributed by atoms with Gasteiger partial charge in [0.2, 0.25) is 0 Å². The minimum atomic E-state index is -0.942. The lowest BCUT2D eigenvalue weighted by molar-refractivity contribution is -0.141. The van der Waals surface area contributed by atoms with Crippen LogP contribution < -0.4 is 0 Å². The number of amides is 1. The molecule has 1 fully saturated rings.